The van der Waals surface area contributed by atoms with Crippen LogP contribution in [0.1, 0.15) is 0 Å². The summed E-state index contributed by atoms with van der Waals surface area (Å²) in [5.41, 5.74) is 0. The van der Waals surface area contributed by atoms with E-state index in [1.54, 1.807) is 0 Å². The summed E-state index contributed by atoms with van der Waals surface area (Å²) in [6.07, 6.45) is -2.18. The van der Waals surface area contributed by atoms with Gasteiger partial charge in [-0.2, -0.15) is 0 Å². The van der Waals surface area contributed by atoms with E-state index >= 15 is 0 Å². The Balaban J connectivity index is 3.61. The zero-order valence-corrected chi connectivity index (χ0v) is 5.46. The van der Waals surface area contributed by atoms with Crippen LogP contribution in [0.25, 0.3) is 0 Å². The van der Waals surface area contributed by atoms with Crippen LogP contribution in [0, 0.1) is 0 Å². The van der Waals surface area contributed by atoms with Crippen LogP contribution in [0.4, 0.5) is 13.2 Å². The van der Waals surface area contributed by atoms with Gasteiger partial charge in [-0.25, -0.2) is 13.2 Å². The maximum absolute atomic E-state index is 11.6. The number of halogens is 4. The number of alkyl halides is 3. The van der Waals surface area contributed by atoms with Crippen molar-refractivity contribution in [2.24, 2.45) is 0 Å². The summed E-state index contributed by atoms with van der Waals surface area (Å²) < 4.78 is 33.9. The van der Waals surface area contributed by atoms with E-state index in [9.17, 15) is 13.2 Å². The third kappa shape index (κ3) is 3.07. The standard InChI is InChI=1S/C4H4BrF3/c5-2-1-3(6)4(7)8/h1,4H,2H2. The lowest BCUT2D eigenvalue weighted by Crippen LogP contribution is -1.89. The quantitative estimate of drug-likeness (QED) is 0.585. The summed E-state index contributed by atoms with van der Waals surface area (Å²) in [5, 5.41) is 0.128. The molecule has 0 aromatic heterocycles. The molecule has 8 heavy (non-hydrogen) atoms. The van der Waals surface area contributed by atoms with E-state index in [0.29, 0.717) is 0 Å². The first-order valence-electron chi connectivity index (χ1n) is 1.88. The van der Waals surface area contributed by atoms with Gasteiger partial charge in [0.25, 0.3) is 6.43 Å². The minimum absolute atomic E-state index is 0.128. The van der Waals surface area contributed by atoms with Crippen molar-refractivity contribution in [3.05, 3.63) is 11.9 Å². The summed E-state index contributed by atoms with van der Waals surface area (Å²) in [4.78, 5) is 0. The molecule has 0 fully saturated rings. The summed E-state index contributed by atoms with van der Waals surface area (Å²) in [7, 11) is 0. The number of rotatable bonds is 2. The number of hydrogen-bond donors (Lipinski definition) is 0. The van der Waals surface area contributed by atoms with Gasteiger partial charge in [-0.3, -0.25) is 0 Å². The number of hydrogen-bond acceptors (Lipinski definition) is 0. The van der Waals surface area contributed by atoms with Gasteiger partial charge in [0.15, 0.2) is 5.83 Å². The molecule has 0 aliphatic rings. The second-order valence-corrected chi connectivity index (χ2v) is 1.69. The molecule has 0 rings (SSSR count). The van der Waals surface area contributed by atoms with Crippen LogP contribution in [-0.2, 0) is 0 Å². The molecule has 0 spiro atoms. The van der Waals surface area contributed by atoms with E-state index in [2.05, 4.69) is 15.9 Å². The number of allylic oxidation sites excluding steroid dienone is 2. The van der Waals surface area contributed by atoms with Gasteiger partial charge in [-0.05, 0) is 6.08 Å². The van der Waals surface area contributed by atoms with Crippen LogP contribution in [0.5, 0.6) is 0 Å². The molecule has 0 saturated carbocycles. The lowest BCUT2D eigenvalue weighted by atomic mass is 10.5. The van der Waals surface area contributed by atoms with Crippen molar-refractivity contribution in [1.29, 1.82) is 0 Å². The molecular weight excluding hydrogens is 185 g/mol. The first kappa shape index (κ1) is 8.01. The highest BCUT2D eigenvalue weighted by Gasteiger charge is 2.07. The summed E-state index contributed by atoms with van der Waals surface area (Å²) in [5.74, 6) is -1.37. The lowest BCUT2D eigenvalue weighted by Gasteiger charge is -1.89. The Labute approximate surface area is 53.5 Å². The second kappa shape index (κ2) is 3.95. The van der Waals surface area contributed by atoms with Crippen molar-refractivity contribution in [2.75, 3.05) is 5.33 Å². The first-order chi connectivity index (χ1) is 3.68. The Kier molecular flexibility index (Phi) is 3.95. The van der Waals surface area contributed by atoms with E-state index in [1.807, 2.05) is 0 Å². The highest BCUT2D eigenvalue weighted by Crippen LogP contribution is 2.09. The van der Waals surface area contributed by atoms with E-state index in [-0.39, 0.29) is 5.33 Å². The fraction of sp³-hybridized carbons (Fsp3) is 0.500. The molecule has 0 aliphatic carbocycles. The Morgan fingerprint density at radius 1 is 1.62 bits per heavy atom. The largest absolute Gasteiger partial charge is 0.289 e. The summed E-state index contributed by atoms with van der Waals surface area (Å²) >= 11 is 2.77. The van der Waals surface area contributed by atoms with Crippen LogP contribution < -0.4 is 0 Å². The van der Waals surface area contributed by atoms with Gasteiger partial charge in [-0.15, -0.1) is 0 Å². The van der Waals surface area contributed by atoms with Gasteiger partial charge >= 0.3 is 0 Å². The first-order valence-corrected chi connectivity index (χ1v) is 3.00. The molecule has 0 radical (unpaired) electrons. The van der Waals surface area contributed by atoms with Crippen LogP contribution in [0.2, 0.25) is 0 Å². The van der Waals surface area contributed by atoms with Crippen molar-refractivity contribution in [3.8, 4) is 0 Å². The minimum atomic E-state index is -2.97. The van der Waals surface area contributed by atoms with Crippen LogP contribution >= 0.6 is 15.9 Å². The molecule has 0 heterocycles. The maximum atomic E-state index is 11.6. The van der Waals surface area contributed by atoms with Crippen LogP contribution in [-0.4, -0.2) is 11.8 Å². The molecule has 4 heteroatoms. The molecule has 0 aliphatic heterocycles. The average molecular weight is 189 g/mol. The topological polar surface area (TPSA) is 0 Å². The van der Waals surface area contributed by atoms with E-state index in [1.165, 1.54) is 0 Å². The van der Waals surface area contributed by atoms with Crippen molar-refractivity contribution in [2.45, 2.75) is 6.43 Å². The Morgan fingerprint density at radius 2 is 2.12 bits per heavy atom. The maximum Gasteiger partial charge on any atom is 0.289 e. The molecule has 0 atom stereocenters. The highest BCUT2D eigenvalue weighted by atomic mass is 79.9. The zero-order chi connectivity index (χ0) is 6.57. The van der Waals surface area contributed by atoms with Crippen molar-refractivity contribution < 1.29 is 13.2 Å². The fourth-order valence-electron chi connectivity index (χ4n) is 0.163. The third-order valence-electron chi connectivity index (χ3n) is 0.481. The van der Waals surface area contributed by atoms with Crippen molar-refractivity contribution in [1.82, 2.24) is 0 Å². The summed E-state index contributed by atoms with van der Waals surface area (Å²) in [6.45, 7) is 0. The molecule has 0 nitrogen and oxygen atoms in total. The van der Waals surface area contributed by atoms with E-state index in [4.69, 9.17) is 0 Å². The van der Waals surface area contributed by atoms with Gasteiger partial charge < -0.3 is 0 Å². The smallest absolute Gasteiger partial charge is 0.206 e. The normalized spacial score (nSPS) is 12.9. The van der Waals surface area contributed by atoms with Crippen LogP contribution in [0.3, 0.4) is 0 Å². The molecule has 0 bridgehead atoms. The fourth-order valence-corrected chi connectivity index (χ4v) is 0.472. The highest BCUT2D eigenvalue weighted by molar-refractivity contribution is 9.09. The van der Waals surface area contributed by atoms with Gasteiger partial charge in [0.05, 0.1) is 0 Å². The molecule has 48 valence electrons. The van der Waals surface area contributed by atoms with Gasteiger partial charge in [0.2, 0.25) is 0 Å². The second-order valence-electron chi connectivity index (χ2n) is 1.04. The lowest BCUT2D eigenvalue weighted by molar-refractivity contribution is 0.159. The SMILES string of the molecule is FC(=CCBr)C(F)F. The predicted octanol–water partition coefficient (Wildman–Crippen LogP) is 2.50. The van der Waals surface area contributed by atoms with E-state index in [0.717, 1.165) is 6.08 Å². The van der Waals surface area contributed by atoms with Gasteiger partial charge in [0.1, 0.15) is 0 Å². The van der Waals surface area contributed by atoms with Gasteiger partial charge in [0, 0.05) is 5.33 Å². The average Bonchev–Trinajstić information content (AvgIpc) is 1.67. The molecule has 0 unspecified atom stereocenters. The Bertz CT molecular complexity index is 89.3. The van der Waals surface area contributed by atoms with E-state index < -0.39 is 12.3 Å². The third-order valence-corrected chi connectivity index (χ3v) is 0.804. The Hall–Kier alpha value is 0.01000. The summed E-state index contributed by atoms with van der Waals surface area (Å²) in [6, 6.07) is 0. The van der Waals surface area contributed by atoms with Crippen molar-refractivity contribution in [3.63, 3.8) is 0 Å². The molecule has 0 aromatic carbocycles. The Morgan fingerprint density at radius 3 is 2.25 bits per heavy atom. The molecule has 0 saturated heterocycles. The molecule has 0 aromatic rings. The monoisotopic (exact) mass is 188 g/mol. The molecule has 0 amide bonds. The molecule has 0 N–H and O–H groups in total. The van der Waals surface area contributed by atoms with Crippen molar-refractivity contribution >= 4 is 15.9 Å². The van der Waals surface area contributed by atoms with Crippen LogP contribution in [0.15, 0.2) is 11.9 Å². The minimum Gasteiger partial charge on any atom is -0.206 e. The zero-order valence-electron chi connectivity index (χ0n) is 3.87. The van der Waals surface area contributed by atoms with Gasteiger partial charge in [-0.1, -0.05) is 15.9 Å². The predicted molar refractivity (Wildman–Crippen MR) is 29.0 cm³/mol. The molecular formula is C4H4BrF3.